The fourth-order valence-electron chi connectivity index (χ4n) is 3.32. The second kappa shape index (κ2) is 7.18. The van der Waals surface area contributed by atoms with E-state index in [9.17, 15) is 19.0 Å². The zero-order chi connectivity index (χ0) is 20.8. The van der Waals surface area contributed by atoms with Gasteiger partial charge in [-0.1, -0.05) is 36.8 Å². The van der Waals surface area contributed by atoms with Crippen LogP contribution >= 0.6 is 10.8 Å². The molecule has 0 fully saturated rings. The van der Waals surface area contributed by atoms with Crippen molar-refractivity contribution in [1.82, 2.24) is 9.55 Å². The summed E-state index contributed by atoms with van der Waals surface area (Å²) in [7, 11) is -3.51. The fraction of sp³-hybridized carbons (Fsp3) is 0.250. The fourth-order valence-corrected chi connectivity index (χ4v) is 4.48. The van der Waals surface area contributed by atoms with Gasteiger partial charge in [-0.3, -0.25) is 18.5 Å². The lowest BCUT2D eigenvalue weighted by Gasteiger charge is -2.34. The van der Waals surface area contributed by atoms with Gasteiger partial charge in [0.15, 0.2) is 5.84 Å². The second-order valence-electron chi connectivity index (χ2n) is 7.32. The molecule has 152 valence electrons. The number of aromatic hydroxyl groups is 1. The van der Waals surface area contributed by atoms with Crippen LogP contribution < -0.4 is 10.9 Å². The van der Waals surface area contributed by atoms with Gasteiger partial charge in [-0.2, -0.15) is 0 Å². The molecular weight excluding hydrogens is 392 g/mol. The van der Waals surface area contributed by atoms with Crippen molar-refractivity contribution in [2.75, 3.05) is 5.32 Å². The Hall–Kier alpha value is -2.88. The minimum Gasteiger partial charge on any atom is -0.506 e. The lowest BCUT2D eigenvalue weighted by atomic mass is 10.1. The van der Waals surface area contributed by atoms with E-state index in [4.69, 9.17) is 0 Å². The molecule has 0 unspecified atom stereocenters. The lowest BCUT2D eigenvalue weighted by Crippen LogP contribution is -2.32. The first-order valence-corrected chi connectivity index (χ1v) is 10.7. The Bertz CT molecular complexity index is 1190. The number of benzene rings is 1. The molecule has 9 heteroatoms. The Kier molecular flexibility index (Phi) is 4.81. The third-order valence-electron chi connectivity index (χ3n) is 4.81. The molecule has 2 aromatic heterocycles. The molecule has 3 aromatic rings. The highest BCUT2D eigenvalue weighted by Crippen LogP contribution is 2.55. The highest BCUT2D eigenvalue weighted by atomic mass is 32.3. The van der Waals surface area contributed by atoms with Crippen LogP contribution in [0.4, 0.5) is 5.69 Å². The van der Waals surface area contributed by atoms with Crippen molar-refractivity contribution in [2.45, 2.75) is 31.7 Å². The maximum absolute atomic E-state index is 13.3. The van der Waals surface area contributed by atoms with Gasteiger partial charge < -0.3 is 10.4 Å². The van der Waals surface area contributed by atoms with Crippen LogP contribution in [0.1, 0.15) is 25.8 Å². The predicted octanol–water partition coefficient (Wildman–Crippen LogP) is 4.05. The lowest BCUT2D eigenvalue weighted by molar-refractivity contribution is 0.473. The van der Waals surface area contributed by atoms with Crippen LogP contribution in [0, 0.1) is 5.92 Å². The summed E-state index contributed by atoms with van der Waals surface area (Å²) in [5, 5.41) is 14.2. The number of aryl methyl sites for hydroxylation is 1. The summed E-state index contributed by atoms with van der Waals surface area (Å²) in [5.74, 6) is -0.00288. The van der Waals surface area contributed by atoms with E-state index < -0.39 is 16.3 Å². The van der Waals surface area contributed by atoms with Crippen molar-refractivity contribution in [3.8, 4) is 5.75 Å². The first-order chi connectivity index (χ1) is 13.8. The molecule has 29 heavy (non-hydrogen) atoms. The van der Waals surface area contributed by atoms with E-state index in [0.29, 0.717) is 29.2 Å². The number of hydrogen-bond acceptors (Lipinski definition) is 7. The first kappa shape index (κ1) is 19.4. The molecule has 0 bridgehead atoms. The monoisotopic (exact) mass is 414 g/mol. The van der Waals surface area contributed by atoms with Crippen LogP contribution in [-0.4, -0.2) is 29.6 Å². The van der Waals surface area contributed by atoms with E-state index in [1.807, 2.05) is 0 Å². The summed E-state index contributed by atoms with van der Waals surface area (Å²) in [6, 6.07) is 9.96. The number of rotatable bonds is 4. The smallest absolute Gasteiger partial charge is 0.267 e. The summed E-state index contributed by atoms with van der Waals surface area (Å²) < 4.78 is 26.5. The van der Waals surface area contributed by atoms with Crippen LogP contribution in [0.15, 0.2) is 56.7 Å². The number of amidine groups is 1. The molecule has 0 spiro atoms. The molecule has 8 nitrogen and oxygen atoms in total. The normalized spacial score (nSPS) is 16.2. The van der Waals surface area contributed by atoms with Crippen molar-refractivity contribution >= 4 is 33.3 Å². The van der Waals surface area contributed by atoms with Crippen molar-refractivity contribution in [3.05, 3.63) is 58.5 Å². The van der Waals surface area contributed by atoms with Gasteiger partial charge in [-0.15, -0.1) is 4.40 Å². The van der Waals surface area contributed by atoms with Gasteiger partial charge in [0, 0.05) is 12.7 Å². The van der Waals surface area contributed by atoms with Crippen LogP contribution in [0.25, 0.3) is 11.0 Å². The Morgan fingerprint density at radius 1 is 1.17 bits per heavy atom. The van der Waals surface area contributed by atoms with Crippen molar-refractivity contribution in [3.63, 3.8) is 0 Å². The van der Waals surface area contributed by atoms with Gasteiger partial charge in [-0.25, -0.2) is 4.98 Å². The number of nitrogens with zero attached hydrogens (tertiary/aromatic N) is 3. The van der Waals surface area contributed by atoms with Crippen molar-refractivity contribution in [2.24, 2.45) is 10.3 Å². The van der Waals surface area contributed by atoms with Crippen LogP contribution in [0.3, 0.4) is 0 Å². The number of anilines is 1. The topological polar surface area (TPSA) is 120 Å². The molecule has 0 saturated heterocycles. The minimum absolute atomic E-state index is 0.0738. The van der Waals surface area contributed by atoms with Gasteiger partial charge in [0.1, 0.15) is 21.9 Å². The standard InChI is InChI=1S/C20H22N4O4S/c1-12(2)9-11-24-19-13(6-5-10-21-19)17(25)16(20(24)26)18-22-14-7-3-4-8-15(14)29(27,28)23-18/h3-8,10,12,25,27-28H,9,11H2,1-2H3,(H,22,23). The summed E-state index contributed by atoms with van der Waals surface area (Å²) in [6.45, 7) is 4.53. The third-order valence-corrected chi connectivity index (χ3v) is 6.20. The number of pyridine rings is 2. The van der Waals surface area contributed by atoms with Crippen molar-refractivity contribution in [1.29, 1.82) is 0 Å². The van der Waals surface area contributed by atoms with Gasteiger partial charge >= 0.3 is 0 Å². The van der Waals surface area contributed by atoms with E-state index in [1.165, 1.54) is 4.57 Å². The molecular formula is C20H22N4O4S. The van der Waals surface area contributed by atoms with Gasteiger partial charge in [-0.05, 0) is 36.6 Å². The van der Waals surface area contributed by atoms with Gasteiger partial charge in [0.25, 0.3) is 5.56 Å². The summed E-state index contributed by atoms with van der Waals surface area (Å²) in [4.78, 5) is 17.8. The molecule has 0 aliphatic carbocycles. The Labute approximate surface area is 169 Å². The third kappa shape index (κ3) is 3.37. The number of para-hydroxylation sites is 1. The van der Waals surface area contributed by atoms with E-state index >= 15 is 0 Å². The Morgan fingerprint density at radius 3 is 2.69 bits per heavy atom. The summed E-state index contributed by atoms with van der Waals surface area (Å²) in [5.41, 5.74) is 0.207. The van der Waals surface area contributed by atoms with E-state index in [0.717, 1.165) is 6.42 Å². The number of aromatic nitrogens is 2. The maximum Gasteiger partial charge on any atom is 0.267 e. The molecule has 4 N–H and O–H groups in total. The zero-order valence-corrected chi connectivity index (χ0v) is 16.8. The van der Waals surface area contributed by atoms with Gasteiger partial charge in [0.05, 0.1) is 11.1 Å². The number of hydrogen-bond donors (Lipinski definition) is 4. The zero-order valence-electron chi connectivity index (χ0n) is 16.0. The molecule has 0 saturated carbocycles. The van der Waals surface area contributed by atoms with Crippen LogP contribution in [0.2, 0.25) is 0 Å². The average molecular weight is 414 g/mol. The summed E-state index contributed by atoms with van der Waals surface area (Å²) in [6.07, 6.45) is 2.31. The highest BCUT2D eigenvalue weighted by Gasteiger charge is 2.30. The predicted molar refractivity (Wildman–Crippen MR) is 115 cm³/mol. The molecule has 1 aromatic carbocycles. The Morgan fingerprint density at radius 2 is 1.93 bits per heavy atom. The van der Waals surface area contributed by atoms with Crippen LogP contribution in [0.5, 0.6) is 5.75 Å². The summed E-state index contributed by atoms with van der Waals surface area (Å²) >= 11 is 0. The molecule has 1 aliphatic heterocycles. The van der Waals surface area contributed by atoms with Crippen LogP contribution in [-0.2, 0) is 6.54 Å². The van der Waals surface area contributed by atoms with Gasteiger partial charge in [0.2, 0.25) is 0 Å². The molecule has 0 amide bonds. The average Bonchev–Trinajstić information content (AvgIpc) is 2.67. The molecule has 3 heterocycles. The van der Waals surface area contributed by atoms with Crippen molar-refractivity contribution < 1.29 is 14.2 Å². The minimum atomic E-state index is -3.51. The van der Waals surface area contributed by atoms with E-state index in [1.54, 1.807) is 42.6 Å². The maximum atomic E-state index is 13.3. The molecule has 1 aliphatic rings. The Balaban J connectivity index is 1.95. The SMILES string of the molecule is CC(C)CCn1c(=O)c(C2=NS(O)(O)c3ccccc3N2)c(O)c2cccnc21. The number of fused-ring (bicyclic) bond motifs is 2. The quantitative estimate of drug-likeness (QED) is 0.511. The molecule has 4 rings (SSSR count). The second-order valence-corrected chi connectivity index (χ2v) is 8.98. The van der Waals surface area contributed by atoms with E-state index in [2.05, 4.69) is 28.5 Å². The molecule has 0 atom stereocenters. The largest absolute Gasteiger partial charge is 0.506 e. The first-order valence-electron chi connectivity index (χ1n) is 9.24. The highest BCUT2D eigenvalue weighted by molar-refractivity contribution is 8.23. The molecule has 0 radical (unpaired) electrons. The van der Waals surface area contributed by atoms with E-state index in [-0.39, 0.29) is 22.0 Å². The number of nitrogens with one attached hydrogen (secondary N) is 1.